The van der Waals surface area contributed by atoms with Crippen LogP contribution in [0.2, 0.25) is 0 Å². The number of rotatable bonds is 8. The van der Waals surface area contributed by atoms with E-state index in [1.165, 1.54) is 12.8 Å². The molecule has 20 heavy (non-hydrogen) atoms. The first-order valence-corrected chi connectivity index (χ1v) is 7.68. The molecule has 2 rings (SSSR count). The number of ether oxygens (including phenoxy) is 1. The van der Waals surface area contributed by atoms with Crippen molar-refractivity contribution in [3.05, 3.63) is 5.69 Å². The number of nitrogens with zero attached hydrogens (tertiary/aromatic N) is 3. The summed E-state index contributed by atoms with van der Waals surface area (Å²) in [7, 11) is 1.75. The van der Waals surface area contributed by atoms with Crippen LogP contribution >= 0.6 is 0 Å². The van der Waals surface area contributed by atoms with Crippen LogP contribution in [0, 0.1) is 12.8 Å². The average Bonchev–Trinajstić information content (AvgIpc) is 3.22. The Morgan fingerprint density at radius 1 is 1.50 bits per heavy atom. The summed E-state index contributed by atoms with van der Waals surface area (Å²) in [5.74, 6) is 1.87. The maximum Gasteiger partial charge on any atom is 0.150 e. The van der Waals surface area contributed by atoms with E-state index < -0.39 is 0 Å². The van der Waals surface area contributed by atoms with E-state index in [9.17, 15) is 0 Å². The number of hydrogen-bond acceptors (Lipinski definition) is 4. The number of aryl methyl sites for hydroxylation is 2. The summed E-state index contributed by atoms with van der Waals surface area (Å²) in [5.41, 5.74) is 8.05. The third-order valence-electron chi connectivity index (χ3n) is 4.19. The van der Waals surface area contributed by atoms with Gasteiger partial charge in [-0.25, -0.2) is 4.68 Å². The van der Waals surface area contributed by atoms with Crippen LogP contribution in [0.1, 0.15) is 38.8 Å². The van der Waals surface area contributed by atoms with Gasteiger partial charge in [0.2, 0.25) is 0 Å². The Hall–Kier alpha value is -1.23. The van der Waals surface area contributed by atoms with E-state index in [2.05, 4.69) is 28.5 Å². The monoisotopic (exact) mass is 280 g/mol. The summed E-state index contributed by atoms with van der Waals surface area (Å²) in [6.07, 6.45) is 3.71. The van der Waals surface area contributed by atoms with Crippen LogP contribution in [-0.4, -0.2) is 36.1 Å². The Balaban J connectivity index is 2.30. The molecule has 1 aliphatic rings. The zero-order valence-electron chi connectivity index (χ0n) is 13.2. The molecule has 1 aromatic heterocycles. The molecule has 0 aromatic carbocycles. The molecule has 0 bridgehead atoms. The highest BCUT2D eigenvalue weighted by atomic mass is 16.5. The zero-order chi connectivity index (χ0) is 14.7. The van der Waals surface area contributed by atoms with Gasteiger partial charge in [-0.05, 0) is 39.0 Å². The molecule has 1 aromatic rings. The molecule has 0 spiro atoms. The lowest BCUT2D eigenvalue weighted by molar-refractivity contribution is 0.202. The van der Waals surface area contributed by atoms with Crippen LogP contribution in [0.15, 0.2) is 0 Å². The number of methoxy groups -OCH3 is 1. The van der Waals surface area contributed by atoms with Gasteiger partial charge in [-0.3, -0.25) is 0 Å². The molecule has 5 heteroatoms. The molecule has 0 aliphatic heterocycles. The molecule has 1 atom stereocenters. The highest BCUT2D eigenvalue weighted by Gasteiger charge is 2.34. The van der Waals surface area contributed by atoms with E-state index in [0.717, 1.165) is 42.6 Å². The van der Waals surface area contributed by atoms with Crippen molar-refractivity contribution in [3.63, 3.8) is 0 Å². The Kier molecular flexibility index (Phi) is 4.91. The maximum absolute atomic E-state index is 6.30. The highest BCUT2D eigenvalue weighted by Crippen LogP contribution is 2.38. The molecule has 0 radical (unpaired) electrons. The fourth-order valence-electron chi connectivity index (χ4n) is 2.78. The van der Waals surface area contributed by atoms with Gasteiger partial charge >= 0.3 is 0 Å². The normalized spacial score (nSPS) is 16.4. The lowest BCUT2D eigenvalue weighted by Crippen LogP contribution is -2.39. The third-order valence-corrected chi connectivity index (χ3v) is 4.19. The van der Waals surface area contributed by atoms with Gasteiger partial charge < -0.3 is 15.4 Å². The van der Waals surface area contributed by atoms with Crippen LogP contribution < -0.4 is 10.6 Å². The first-order valence-electron chi connectivity index (χ1n) is 7.68. The fraction of sp³-hybridized carbons (Fsp3) is 0.800. The van der Waals surface area contributed by atoms with Gasteiger partial charge in [0.1, 0.15) is 0 Å². The first-order chi connectivity index (χ1) is 9.60. The van der Waals surface area contributed by atoms with Crippen molar-refractivity contribution in [3.8, 4) is 0 Å². The smallest absolute Gasteiger partial charge is 0.150 e. The molecule has 114 valence electrons. The summed E-state index contributed by atoms with van der Waals surface area (Å²) >= 11 is 0. The Morgan fingerprint density at radius 3 is 2.75 bits per heavy atom. The SMILES string of the molecule is CCCn1nc(C)c(N)c1N(CCOC)C(C)C1CC1. The van der Waals surface area contributed by atoms with Crippen molar-refractivity contribution < 1.29 is 4.74 Å². The summed E-state index contributed by atoms with van der Waals surface area (Å²) in [6, 6.07) is 0.499. The van der Waals surface area contributed by atoms with Crippen molar-refractivity contribution in [2.24, 2.45) is 5.92 Å². The molecule has 1 aliphatic carbocycles. The van der Waals surface area contributed by atoms with Crippen LogP contribution in [0.5, 0.6) is 0 Å². The molecule has 2 N–H and O–H groups in total. The van der Waals surface area contributed by atoms with Gasteiger partial charge in [0.15, 0.2) is 5.82 Å². The Bertz CT molecular complexity index is 439. The van der Waals surface area contributed by atoms with E-state index in [0.29, 0.717) is 12.6 Å². The summed E-state index contributed by atoms with van der Waals surface area (Å²) in [5, 5.41) is 4.60. The molecule has 1 heterocycles. The molecular weight excluding hydrogens is 252 g/mol. The molecule has 0 amide bonds. The summed E-state index contributed by atoms with van der Waals surface area (Å²) in [6.45, 7) is 8.95. The third kappa shape index (κ3) is 3.08. The lowest BCUT2D eigenvalue weighted by Gasteiger charge is -2.32. The maximum atomic E-state index is 6.30. The van der Waals surface area contributed by atoms with Gasteiger partial charge in [0, 0.05) is 26.2 Å². The van der Waals surface area contributed by atoms with Gasteiger partial charge in [-0.1, -0.05) is 6.92 Å². The van der Waals surface area contributed by atoms with E-state index in [1.807, 2.05) is 6.92 Å². The van der Waals surface area contributed by atoms with Crippen LogP contribution in [0.25, 0.3) is 0 Å². The van der Waals surface area contributed by atoms with Crippen molar-refractivity contribution >= 4 is 11.5 Å². The minimum absolute atomic E-state index is 0.499. The lowest BCUT2D eigenvalue weighted by atomic mass is 10.1. The first kappa shape index (κ1) is 15.2. The molecule has 1 unspecified atom stereocenters. The van der Waals surface area contributed by atoms with E-state index in [4.69, 9.17) is 10.5 Å². The minimum Gasteiger partial charge on any atom is -0.394 e. The molecule has 1 saturated carbocycles. The van der Waals surface area contributed by atoms with Gasteiger partial charge in [-0.15, -0.1) is 0 Å². The van der Waals surface area contributed by atoms with Gasteiger partial charge in [0.25, 0.3) is 0 Å². The molecule has 5 nitrogen and oxygen atoms in total. The Labute approximate surface area is 122 Å². The number of hydrogen-bond donors (Lipinski definition) is 1. The van der Waals surface area contributed by atoms with Crippen molar-refractivity contribution in [2.45, 2.75) is 52.6 Å². The van der Waals surface area contributed by atoms with Crippen molar-refractivity contribution in [1.29, 1.82) is 0 Å². The fourth-order valence-corrected chi connectivity index (χ4v) is 2.78. The second kappa shape index (κ2) is 6.48. The average molecular weight is 280 g/mol. The number of nitrogen functional groups attached to an aromatic ring is 1. The van der Waals surface area contributed by atoms with Crippen LogP contribution in [-0.2, 0) is 11.3 Å². The molecular formula is C15H28N4O. The molecule has 0 saturated heterocycles. The number of anilines is 2. The standard InChI is InChI=1S/C15H28N4O/c1-5-8-19-15(14(16)11(2)17-19)18(9-10-20-4)12(3)13-6-7-13/h12-13H,5-10,16H2,1-4H3. The highest BCUT2D eigenvalue weighted by molar-refractivity contribution is 5.66. The van der Waals surface area contributed by atoms with Crippen LogP contribution in [0.4, 0.5) is 11.5 Å². The van der Waals surface area contributed by atoms with Crippen molar-refractivity contribution in [2.75, 3.05) is 30.9 Å². The number of aromatic nitrogens is 2. The van der Waals surface area contributed by atoms with Gasteiger partial charge in [0.05, 0.1) is 18.0 Å². The topological polar surface area (TPSA) is 56.3 Å². The summed E-state index contributed by atoms with van der Waals surface area (Å²) < 4.78 is 7.35. The van der Waals surface area contributed by atoms with Gasteiger partial charge in [-0.2, -0.15) is 5.10 Å². The Morgan fingerprint density at radius 2 is 2.20 bits per heavy atom. The van der Waals surface area contributed by atoms with E-state index in [1.54, 1.807) is 7.11 Å². The largest absolute Gasteiger partial charge is 0.394 e. The minimum atomic E-state index is 0.499. The van der Waals surface area contributed by atoms with Crippen molar-refractivity contribution in [1.82, 2.24) is 9.78 Å². The number of nitrogens with two attached hydrogens (primary N) is 1. The molecule has 1 fully saturated rings. The summed E-state index contributed by atoms with van der Waals surface area (Å²) in [4.78, 5) is 2.40. The van der Waals surface area contributed by atoms with E-state index >= 15 is 0 Å². The van der Waals surface area contributed by atoms with E-state index in [-0.39, 0.29) is 0 Å². The predicted octanol–water partition coefficient (Wildman–Crippen LogP) is 2.44. The zero-order valence-corrected chi connectivity index (χ0v) is 13.2. The predicted molar refractivity (Wildman–Crippen MR) is 83.1 cm³/mol. The quantitative estimate of drug-likeness (QED) is 0.794. The second-order valence-electron chi connectivity index (χ2n) is 5.81. The van der Waals surface area contributed by atoms with Crippen LogP contribution in [0.3, 0.4) is 0 Å². The second-order valence-corrected chi connectivity index (χ2v) is 5.81.